The second-order valence-electron chi connectivity index (χ2n) is 3.51. The number of hydrogen-bond donors (Lipinski definition) is 1. The Morgan fingerprint density at radius 1 is 1.44 bits per heavy atom. The van der Waals surface area contributed by atoms with Gasteiger partial charge in [0.25, 0.3) is 0 Å². The van der Waals surface area contributed by atoms with Crippen molar-refractivity contribution in [3.05, 3.63) is 39.7 Å². The normalized spacial score (nSPS) is 10.6. The number of hydrogen-bond acceptors (Lipinski definition) is 3. The molecule has 1 heterocycles. The molecule has 0 fully saturated rings. The van der Waals surface area contributed by atoms with E-state index in [1.54, 1.807) is 12.1 Å². The Morgan fingerprint density at radius 2 is 2.12 bits per heavy atom. The van der Waals surface area contributed by atoms with Crippen LogP contribution < -0.4 is 15.7 Å². The molecule has 1 aromatic heterocycles. The van der Waals surface area contributed by atoms with Crippen LogP contribution in [0.4, 0.5) is 0 Å². The van der Waals surface area contributed by atoms with Crippen molar-refractivity contribution in [2.45, 2.75) is 6.92 Å². The molecule has 16 heavy (non-hydrogen) atoms. The van der Waals surface area contributed by atoms with E-state index in [-0.39, 0.29) is 11.1 Å². The molecule has 2 aromatic rings. The summed E-state index contributed by atoms with van der Waals surface area (Å²) in [7, 11) is 0. The number of fused-ring (bicyclic) bond motifs is 1. The standard InChI is InChI=1S/C11H10AsNO3/c1-5-9(10(13)14)7-3-2-6(12)4-8(7)16-11(5)15/h2-4H,12H2,1H3,(H2,13,14). The van der Waals surface area contributed by atoms with Gasteiger partial charge < -0.3 is 0 Å². The second kappa shape index (κ2) is 3.80. The van der Waals surface area contributed by atoms with E-state index in [4.69, 9.17) is 10.2 Å². The minimum atomic E-state index is -0.607. The number of amides is 1. The number of nitrogens with two attached hydrogens (primary N) is 1. The van der Waals surface area contributed by atoms with Gasteiger partial charge in [-0.3, -0.25) is 0 Å². The molecule has 1 atom stereocenters. The van der Waals surface area contributed by atoms with Crippen LogP contribution in [0.5, 0.6) is 0 Å². The average molecular weight is 279 g/mol. The first-order valence-corrected chi connectivity index (χ1v) is 5.84. The van der Waals surface area contributed by atoms with Crippen LogP contribution in [0.2, 0.25) is 0 Å². The van der Waals surface area contributed by atoms with Gasteiger partial charge in [-0.2, -0.15) is 0 Å². The Labute approximate surface area is 99.9 Å². The van der Waals surface area contributed by atoms with Crippen molar-refractivity contribution in [2.24, 2.45) is 5.73 Å². The Balaban J connectivity index is 3.00. The van der Waals surface area contributed by atoms with Crippen molar-refractivity contribution < 1.29 is 9.21 Å². The quantitative estimate of drug-likeness (QED) is 0.563. The number of rotatable bonds is 1. The van der Waals surface area contributed by atoms with Crippen molar-refractivity contribution in [3.8, 4) is 0 Å². The van der Waals surface area contributed by atoms with Gasteiger partial charge in [0, 0.05) is 0 Å². The Morgan fingerprint density at radius 3 is 2.75 bits per heavy atom. The van der Waals surface area contributed by atoms with Crippen molar-refractivity contribution in [1.82, 2.24) is 0 Å². The van der Waals surface area contributed by atoms with Crippen LogP contribution in [-0.4, -0.2) is 22.8 Å². The van der Waals surface area contributed by atoms with Crippen molar-refractivity contribution >= 4 is 38.1 Å². The summed E-state index contributed by atoms with van der Waals surface area (Å²) in [5.74, 6) is -0.607. The molecule has 0 aliphatic carbocycles. The fraction of sp³-hybridized carbons (Fsp3) is 0.0909. The van der Waals surface area contributed by atoms with E-state index in [2.05, 4.69) is 0 Å². The number of primary amides is 1. The zero-order valence-corrected chi connectivity index (χ0v) is 11.0. The van der Waals surface area contributed by atoms with E-state index < -0.39 is 11.5 Å². The van der Waals surface area contributed by atoms with Gasteiger partial charge in [-0.1, -0.05) is 0 Å². The van der Waals surface area contributed by atoms with E-state index in [1.165, 1.54) is 23.8 Å². The molecule has 1 amide bonds. The Hall–Kier alpha value is -1.54. The van der Waals surface area contributed by atoms with Gasteiger partial charge in [0.05, 0.1) is 0 Å². The molecule has 0 radical (unpaired) electrons. The molecule has 2 N–H and O–H groups in total. The van der Waals surface area contributed by atoms with Crippen LogP contribution in [0.15, 0.2) is 27.4 Å². The minimum absolute atomic E-state index is 0.249. The van der Waals surface area contributed by atoms with Gasteiger partial charge in [-0.15, -0.1) is 0 Å². The van der Waals surface area contributed by atoms with Crippen LogP contribution in [0.3, 0.4) is 0 Å². The van der Waals surface area contributed by atoms with Crippen LogP contribution in [0.25, 0.3) is 11.0 Å². The summed E-state index contributed by atoms with van der Waals surface area (Å²) in [4.78, 5) is 22.8. The third kappa shape index (κ3) is 1.65. The maximum absolute atomic E-state index is 11.5. The summed E-state index contributed by atoms with van der Waals surface area (Å²) in [5.41, 5.74) is 5.67. The molecule has 4 nitrogen and oxygen atoms in total. The van der Waals surface area contributed by atoms with E-state index >= 15 is 0 Å². The Kier molecular flexibility index (Phi) is 2.60. The number of carbonyl (C=O) groups is 1. The molecule has 0 bridgehead atoms. The van der Waals surface area contributed by atoms with Gasteiger partial charge in [0.2, 0.25) is 0 Å². The molecular weight excluding hydrogens is 269 g/mol. The monoisotopic (exact) mass is 279 g/mol. The van der Waals surface area contributed by atoms with Gasteiger partial charge in [-0.25, -0.2) is 0 Å². The van der Waals surface area contributed by atoms with Gasteiger partial charge in [-0.05, 0) is 0 Å². The van der Waals surface area contributed by atoms with Gasteiger partial charge >= 0.3 is 99.7 Å². The molecular formula is C11H10AsNO3. The average Bonchev–Trinajstić information content (AvgIpc) is 2.19. The van der Waals surface area contributed by atoms with Crippen LogP contribution in [0, 0.1) is 6.92 Å². The van der Waals surface area contributed by atoms with Crippen LogP contribution in [-0.2, 0) is 0 Å². The van der Waals surface area contributed by atoms with Gasteiger partial charge in [0.1, 0.15) is 0 Å². The van der Waals surface area contributed by atoms with Gasteiger partial charge in [0.15, 0.2) is 0 Å². The molecule has 0 aliphatic heterocycles. The first kappa shape index (κ1) is 11.0. The second-order valence-corrected chi connectivity index (χ2v) is 4.91. The molecule has 1 aromatic carbocycles. The van der Waals surface area contributed by atoms with Crippen molar-refractivity contribution in [1.29, 1.82) is 0 Å². The number of carbonyl (C=O) groups excluding carboxylic acids is 1. The molecule has 1 unspecified atom stereocenters. The predicted octanol–water partition coefficient (Wildman–Crippen LogP) is -0.541. The predicted molar refractivity (Wildman–Crippen MR) is 63.9 cm³/mol. The van der Waals surface area contributed by atoms with Crippen LogP contribution >= 0.6 is 0 Å². The zero-order chi connectivity index (χ0) is 11.9. The molecule has 0 saturated heterocycles. The third-order valence-electron chi connectivity index (χ3n) is 2.41. The molecule has 0 spiro atoms. The summed E-state index contributed by atoms with van der Waals surface area (Å²) in [6.07, 6.45) is 0. The van der Waals surface area contributed by atoms with E-state index in [0.717, 1.165) is 4.35 Å². The molecule has 0 aliphatic rings. The topological polar surface area (TPSA) is 73.3 Å². The van der Waals surface area contributed by atoms with E-state index in [1.807, 2.05) is 6.07 Å². The van der Waals surface area contributed by atoms with Crippen LogP contribution in [0.1, 0.15) is 15.9 Å². The summed E-state index contributed by atoms with van der Waals surface area (Å²) in [6.45, 7) is 1.54. The maximum atomic E-state index is 11.5. The summed E-state index contributed by atoms with van der Waals surface area (Å²) >= 11 is 1.42. The zero-order valence-electron chi connectivity index (χ0n) is 8.61. The van der Waals surface area contributed by atoms with Crippen molar-refractivity contribution in [2.75, 3.05) is 0 Å². The summed E-state index contributed by atoms with van der Waals surface area (Å²) in [5, 5.41) is 0.589. The fourth-order valence-corrected chi connectivity index (χ4v) is 2.15. The van der Waals surface area contributed by atoms with E-state index in [9.17, 15) is 9.59 Å². The Bertz CT molecular complexity index is 645. The third-order valence-corrected chi connectivity index (χ3v) is 3.16. The molecule has 82 valence electrons. The summed E-state index contributed by atoms with van der Waals surface area (Å²) in [6, 6.07) is 5.36. The molecule has 0 saturated carbocycles. The molecule has 2 rings (SSSR count). The fourth-order valence-electron chi connectivity index (χ4n) is 1.63. The SMILES string of the molecule is Cc1c(C(N)=O)c2ccc([AsH2])cc2oc1=O. The number of benzene rings is 1. The summed E-state index contributed by atoms with van der Waals surface area (Å²) < 4.78 is 6.13. The molecule has 5 heteroatoms. The van der Waals surface area contributed by atoms with Crippen molar-refractivity contribution in [3.63, 3.8) is 0 Å². The first-order chi connectivity index (χ1) is 7.50. The van der Waals surface area contributed by atoms with E-state index in [0.29, 0.717) is 11.0 Å². The first-order valence-electron chi connectivity index (χ1n) is 4.63.